The summed E-state index contributed by atoms with van der Waals surface area (Å²) in [5.41, 5.74) is 1.52. The van der Waals surface area contributed by atoms with Crippen LogP contribution in [0.3, 0.4) is 0 Å². The fourth-order valence-corrected chi connectivity index (χ4v) is 3.81. The van der Waals surface area contributed by atoms with Gasteiger partial charge in [-0.05, 0) is 42.5 Å². The molecule has 2 aromatic carbocycles. The minimum atomic E-state index is -0.505. The van der Waals surface area contributed by atoms with Crippen LogP contribution in [0.15, 0.2) is 54.6 Å². The minimum Gasteiger partial charge on any atom is -0.497 e. The first-order valence-corrected chi connectivity index (χ1v) is 9.70. The Balaban J connectivity index is 1.45. The number of rotatable bonds is 5. The lowest BCUT2D eigenvalue weighted by molar-refractivity contribution is -0.143. The van der Waals surface area contributed by atoms with Gasteiger partial charge in [-0.2, -0.15) is 0 Å². The second kappa shape index (κ2) is 7.54. The van der Waals surface area contributed by atoms with Crippen LogP contribution in [0, 0.1) is 0 Å². The summed E-state index contributed by atoms with van der Waals surface area (Å²) in [5.74, 6) is 0.792. The number of nitrogens with zero attached hydrogens (tertiary/aromatic N) is 2. The van der Waals surface area contributed by atoms with Crippen LogP contribution in [0.4, 0.5) is 4.79 Å². The van der Waals surface area contributed by atoms with Crippen LogP contribution >= 0.6 is 0 Å². The van der Waals surface area contributed by atoms with Gasteiger partial charge in [-0.25, -0.2) is 14.8 Å². The van der Waals surface area contributed by atoms with E-state index in [1.54, 1.807) is 17.1 Å². The van der Waals surface area contributed by atoms with Gasteiger partial charge in [0.25, 0.3) is 5.91 Å². The van der Waals surface area contributed by atoms with Gasteiger partial charge in [0, 0.05) is 19.6 Å². The average molecular weight is 379 g/mol. The van der Waals surface area contributed by atoms with Crippen LogP contribution in [0.5, 0.6) is 5.75 Å². The van der Waals surface area contributed by atoms with Gasteiger partial charge in [0.2, 0.25) is 0 Å². The average Bonchev–Trinajstić information content (AvgIpc) is 3.41. The van der Waals surface area contributed by atoms with E-state index in [0.29, 0.717) is 19.6 Å². The van der Waals surface area contributed by atoms with E-state index in [1.165, 1.54) is 0 Å². The van der Waals surface area contributed by atoms with Gasteiger partial charge in [0.1, 0.15) is 5.75 Å². The molecule has 0 aromatic heterocycles. The number of nitrogens with one attached hydrogen (secondary N) is 1. The summed E-state index contributed by atoms with van der Waals surface area (Å²) in [4.78, 5) is 26.1. The maximum atomic E-state index is 13.3. The highest BCUT2D eigenvalue weighted by Crippen LogP contribution is 2.50. The summed E-state index contributed by atoms with van der Waals surface area (Å²) < 4.78 is 5.22. The first kappa shape index (κ1) is 18.3. The van der Waals surface area contributed by atoms with Crippen molar-refractivity contribution in [2.45, 2.75) is 31.2 Å². The Morgan fingerprint density at radius 3 is 2.32 bits per heavy atom. The van der Waals surface area contributed by atoms with Crippen molar-refractivity contribution in [2.75, 3.05) is 20.2 Å². The van der Waals surface area contributed by atoms with E-state index < -0.39 is 5.41 Å². The highest BCUT2D eigenvalue weighted by atomic mass is 16.5. The van der Waals surface area contributed by atoms with Gasteiger partial charge in [0.05, 0.1) is 12.5 Å². The summed E-state index contributed by atoms with van der Waals surface area (Å²) in [6.07, 6.45) is 2.42. The standard InChI is InChI=1S/C22H25N3O3/c1-28-19-10-8-18(9-11-19)22(12-13-22)20(26)24-14-5-15-25(24)21(27)23-16-17-6-3-2-4-7-17/h2-4,6-11H,5,12-16H2,1H3,(H,23,27). The summed E-state index contributed by atoms with van der Waals surface area (Å²) in [6.45, 7) is 1.59. The molecule has 0 spiro atoms. The molecule has 1 aliphatic heterocycles. The van der Waals surface area contributed by atoms with Crippen LogP contribution in [0.25, 0.3) is 0 Å². The van der Waals surface area contributed by atoms with Gasteiger partial charge in [-0.3, -0.25) is 4.79 Å². The molecule has 1 aliphatic carbocycles. The Labute approximate surface area is 165 Å². The Morgan fingerprint density at radius 2 is 1.68 bits per heavy atom. The number of hydrogen-bond donors (Lipinski definition) is 1. The van der Waals surface area contributed by atoms with Gasteiger partial charge in [0.15, 0.2) is 0 Å². The molecule has 3 amide bonds. The molecule has 1 heterocycles. The monoisotopic (exact) mass is 379 g/mol. The maximum Gasteiger partial charge on any atom is 0.336 e. The molecule has 4 rings (SSSR count). The lowest BCUT2D eigenvalue weighted by Crippen LogP contribution is -2.52. The van der Waals surface area contributed by atoms with Crippen molar-refractivity contribution in [2.24, 2.45) is 0 Å². The number of methoxy groups -OCH3 is 1. The van der Waals surface area contributed by atoms with E-state index in [9.17, 15) is 9.59 Å². The van der Waals surface area contributed by atoms with Crippen molar-refractivity contribution in [3.8, 4) is 5.75 Å². The van der Waals surface area contributed by atoms with E-state index in [1.807, 2.05) is 54.6 Å². The first-order chi connectivity index (χ1) is 13.6. The lowest BCUT2D eigenvalue weighted by atomic mass is 9.94. The van der Waals surface area contributed by atoms with Crippen LogP contribution in [-0.4, -0.2) is 42.2 Å². The molecule has 6 heteroatoms. The molecule has 2 aromatic rings. The molecule has 1 N–H and O–H groups in total. The zero-order valence-corrected chi connectivity index (χ0v) is 16.1. The fraction of sp³-hybridized carbons (Fsp3) is 0.364. The molecule has 6 nitrogen and oxygen atoms in total. The Morgan fingerprint density at radius 1 is 1.00 bits per heavy atom. The van der Waals surface area contributed by atoms with Crippen molar-refractivity contribution in [1.82, 2.24) is 15.3 Å². The number of carbonyl (C=O) groups is 2. The van der Waals surface area contributed by atoms with Gasteiger partial charge < -0.3 is 10.1 Å². The topological polar surface area (TPSA) is 61.9 Å². The Bertz CT molecular complexity index is 847. The van der Waals surface area contributed by atoms with Gasteiger partial charge >= 0.3 is 6.03 Å². The molecule has 0 bridgehead atoms. The van der Waals surface area contributed by atoms with Crippen LogP contribution < -0.4 is 10.1 Å². The van der Waals surface area contributed by atoms with Crippen molar-refractivity contribution in [3.05, 3.63) is 65.7 Å². The molecule has 28 heavy (non-hydrogen) atoms. The van der Waals surface area contributed by atoms with Gasteiger partial charge in [-0.1, -0.05) is 42.5 Å². The minimum absolute atomic E-state index is 0.0185. The molecule has 0 atom stereocenters. The normalized spacial score (nSPS) is 17.3. The van der Waals surface area contributed by atoms with Crippen molar-refractivity contribution in [3.63, 3.8) is 0 Å². The number of urea groups is 1. The third-order valence-electron chi connectivity index (χ3n) is 5.59. The van der Waals surface area contributed by atoms with Crippen molar-refractivity contribution in [1.29, 1.82) is 0 Å². The molecular formula is C22H25N3O3. The number of hydrogen-bond acceptors (Lipinski definition) is 3. The second-order valence-electron chi connectivity index (χ2n) is 7.36. The number of amides is 3. The molecular weight excluding hydrogens is 354 g/mol. The number of carbonyl (C=O) groups excluding carboxylic acids is 2. The van der Waals surface area contributed by atoms with Crippen LogP contribution in [0.1, 0.15) is 30.4 Å². The molecule has 0 radical (unpaired) electrons. The van der Waals surface area contributed by atoms with E-state index >= 15 is 0 Å². The number of ether oxygens (including phenoxy) is 1. The SMILES string of the molecule is COc1ccc(C2(C(=O)N3CCCN3C(=O)NCc3ccccc3)CC2)cc1. The summed E-state index contributed by atoms with van der Waals surface area (Å²) in [5, 5.41) is 6.13. The van der Waals surface area contributed by atoms with E-state index in [-0.39, 0.29) is 11.9 Å². The van der Waals surface area contributed by atoms with E-state index in [2.05, 4.69) is 5.32 Å². The van der Waals surface area contributed by atoms with Crippen LogP contribution in [-0.2, 0) is 16.8 Å². The smallest absolute Gasteiger partial charge is 0.336 e. The highest BCUT2D eigenvalue weighted by molar-refractivity contribution is 5.93. The largest absolute Gasteiger partial charge is 0.497 e. The third kappa shape index (κ3) is 3.42. The quantitative estimate of drug-likeness (QED) is 0.868. The lowest BCUT2D eigenvalue weighted by Gasteiger charge is -2.31. The highest BCUT2D eigenvalue weighted by Gasteiger charge is 2.54. The molecule has 1 saturated carbocycles. The van der Waals surface area contributed by atoms with Crippen LogP contribution in [0.2, 0.25) is 0 Å². The molecule has 2 aliphatic rings. The van der Waals surface area contributed by atoms with E-state index in [4.69, 9.17) is 4.74 Å². The predicted octanol–water partition coefficient (Wildman–Crippen LogP) is 3.09. The second-order valence-corrected chi connectivity index (χ2v) is 7.36. The zero-order chi connectivity index (χ0) is 19.6. The Hall–Kier alpha value is -3.02. The molecule has 1 saturated heterocycles. The van der Waals surface area contributed by atoms with Gasteiger partial charge in [-0.15, -0.1) is 0 Å². The maximum absolute atomic E-state index is 13.3. The zero-order valence-electron chi connectivity index (χ0n) is 16.1. The van der Waals surface area contributed by atoms with E-state index in [0.717, 1.165) is 36.1 Å². The summed E-state index contributed by atoms with van der Waals surface area (Å²) >= 11 is 0. The molecule has 0 unspecified atom stereocenters. The first-order valence-electron chi connectivity index (χ1n) is 9.70. The number of benzene rings is 2. The molecule has 146 valence electrons. The predicted molar refractivity (Wildman–Crippen MR) is 106 cm³/mol. The van der Waals surface area contributed by atoms with Crippen molar-refractivity contribution < 1.29 is 14.3 Å². The summed E-state index contributed by atoms with van der Waals surface area (Å²) in [7, 11) is 1.63. The molecule has 2 fully saturated rings. The fourth-order valence-electron chi connectivity index (χ4n) is 3.81. The Kier molecular flexibility index (Phi) is 4.94. The summed E-state index contributed by atoms with van der Waals surface area (Å²) in [6, 6.07) is 17.2. The third-order valence-corrected chi connectivity index (χ3v) is 5.59. The van der Waals surface area contributed by atoms with Crippen molar-refractivity contribution >= 4 is 11.9 Å². The number of hydrazine groups is 1.